The van der Waals surface area contributed by atoms with Gasteiger partial charge in [0.2, 0.25) is 10.0 Å². The van der Waals surface area contributed by atoms with Crippen LogP contribution in [0, 0.1) is 0 Å². The van der Waals surface area contributed by atoms with Crippen LogP contribution in [0.2, 0.25) is 10.0 Å². The Bertz CT molecular complexity index is 1180. The summed E-state index contributed by atoms with van der Waals surface area (Å²) < 4.78 is 33.4. The van der Waals surface area contributed by atoms with Crippen LogP contribution < -0.4 is 9.64 Å². The fourth-order valence-corrected chi connectivity index (χ4v) is 5.55. The van der Waals surface area contributed by atoms with Crippen LogP contribution >= 0.6 is 23.2 Å². The molecule has 0 amide bonds. The SMILES string of the molecule is CCOc1ccc2cc(S(=O)(=O)N3CCN(c4cccc(Cl)c4Cl)CC3)ccc2c1. The Morgan fingerprint density at radius 2 is 1.63 bits per heavy atom. The van der Waals surface area contributed by atoms with Crippen LogP contribution in [-0.4, -0.2) is 45.5 Å². The van der Waals surface area contributed by atoms with Crippen molar-refractivity contribution in [1.29, 1.82) is 0 Å². The molecule has 4 rings (SSSR count). The summed E-state index contributed by atoms with van der Waals surface area (Å²) in [4.78, 5) is 2.36. The molecule has 0 bridgehead atoms. The molecule has 0 N–H and O–H groups in total. The van der Waals surface area contributed by atoms with E-state index in [1.165, 1.54) is 4.31 Å². The molecule has 0 atom stereocenters. The largest absolute Gasteiger partial charge is 0.494 e. The first-order chi connectivity index (χ1) is 14.4. The van der Waals surface area contributed by atoms with Gasteiger partial charge in [0, 0.05) is 26.2 Å². The Kier molecular flexibility index (Phi) is 6.11. The van der Waals surface area contributed by atoms with Gasteiger partial charge >= 0.3 is 0 Å². The van der Waals surface area contributed by atoms with E-state index in [1.807, 2.05) is 43.3 Å². The van der Waals surface area contributed by atoms with E-state index >= 15 is 0 Å². The van der Waals surface area contributed by atoms with Crippen LogP contribution in [0.4, 0.5) is 5.69 Å². The van der Waals surface area contributed by atoms with Gasteiger partial charge in [0.05, 0.1) is 27.2 Å². The second-order valence-corrected chi connectivity index (χ2v) is 9.79. The summed E-state index contributed by atoms with van der Waals surface area (Å²) in [6.45, 7) is 4.37. The molecule has 0 saturated carbocycles. The Morgan fingerprint density at radius 1 is 0.933 bits per heavy atom. The van der Waals surface area contributed by atoms with Crippen molar-refractivity contribution in [3.8, 4) is 5.75 Å². The molecule has 3 aromatic carbocycles. The summed E-state index contributed by atoms with van der Waals surface area (Å²) in [6.07, 6.45) is 0. The van der Waals surface area contributed by atoms with Crippen molar-refractivity contribution in [2.75, 3.05) is 37.7 Å². The monoisotopic (exact) mass is 464 g/mol. The predicted octanol–water partition coefficient (Wildman–Crippen LogP) is 5.06. The number of rotatable bonds is 5. The standard InChI is InChI=1S/C22H22Cl2N2O3S/c1-2-29-18-8-6-17-15-19(9-7-16(17)14-18)30(27,28)26-12-10-25(11-13-26)21-5-3-4-20(23)22(21)24/h3-9,14-15H,2,10-13H2,1H3. The number of nitrogens with zero attached hydrogens (tertiary/aromatic N) is 2. The van der Waals surface area contributed by atoms with Gasteiger partial charge in [-0.25, -0.2) is 8.42 Å². The molecule has 158 valence electrons. The lowest BCUT2D eigenvalue weighted by Gasteiger charge is -2.35. The van der Waals surface area contributed by atoms with E-state index in [0.29, 0.717) is 47.7 Å². The van der Waals surface area contributed by atoms with E-state index in [0.717, 1.165) is 22.2 Å². The molecule has 0 aromatic heterocycles. The molecule has 1 aliphatic heterocycles. The third kappa shape index (κ3) is 4.10. The van der Waals surface area contributed by atoms with Gasteiger partial charge in [-0.1, -0.05) is 41.4 Å². The maximum atomic E-state index is 13.2. The predicted molar refractivity (Wildman–Crippen MR) is 123 cm³/mol. The Labute approximate surface area is 186 Å². The molecular formula is C22H22Cl2N2O3S. The number of piperazine rings is 1. The Balaban J connectivity index is 1.53. The second kappa shape index (κ2) is 8.63. The molecule has 1 saturated heterocycles. The first-order valence-corrected chi connectivity index (χ1v) is 12.0. The summed E-state index contributed by atoms with van der Waals surface area (Å²) in [6, 6.07) is 16.4. The van der Waals surface area contributed by atoms with Crippen LogP contribution in [0.3, 0.4) is 0 Å². The minimum absolute atomic E-state index is 0.299. The van der Waals surface area contributed by atoms with E-state index in [4.69, 9.17) is 27.9 Å². The number of anilines is 1. The minimum Gasteiger partial charge on any atom is -0.494 e. The number of hydrogen-bond donors (Lipinski definition) is 0. The molecule has 0 radical (unpaired) electrons. The highest BCUT2D eigenvalue weighted by Gasteiger charge is 2.29. The van der Waals surface area contributed by atoms with Crippen LogP contribution in [0.5, 0.6) is 5.75 Å². The van der Waals surface area contributed by atoms with Gasteiger partial charge in [-0.2, -0.15) is 4.31 Å². The molecular weight excluding hydrogens is 443 g/mol. The molecule has 0 unspecified atom stereocenters. The van der Waals surface area contributed by atoms with Gasteiger partial charge in [0.15, 0.2) is 0 Å². The Morgan fingerprint density at radius 3 is 2.37 bits per heavy atom. The number of benzene rings is 3. The van der Waals surface area contributed by atoms with Gasteiger partial charge < -0.3 is 9.64 Å². The maximum Gasteiger partial charge on any atom is 0.243 e. The lowest BCUT2D eigenvalue weighted by atomic mass is 10.1. The first kappa shape index (κ1) is 21.2. The van der Waals surface area contributed by atoms with E-state index in [-0.39, 0.29) is 0 Å². The fraction of sp³-hybridized carbons (Fsp3) is 0.273. The number of fused-ring (bicyclic) bond motifs is 1. The van der Waals surface area contributed by atoms with Crippen LogP contribution in [0.15, 0.2) is 59.5 Å². The quantitative estimate of drug-likeness (QED) is 0.529. The second-order valence-electron chi connectivity index (χ2n) is 7.07. The van der Waals surface area contributed by atoms with Crippen molar-refractivity contribution < 1.29 is 13.2 Å². The van der Waals surface area contributed by atoms with Crippen molar-refractivity contribution >= 4 is 49.7 Å². The summed E-state index contributed by atoms with van der Waals surface area (Å²) in [5, 5.41) is 2.80. The van der Waals surface area contributed by atoms with Gasteiger partial charge in [-0.15, -0.1) is 0 Å². The summed E-state index contributed by atoms with van der Waals surface area (Å²) in [5.41, 5.74) is 0.831. The van der Waals surface area contributed by atoms with E-state index < -0.39 is 10.0 Å². The average molecular weight is 465 g/mol. The lowest BCUT2D eigenvalue weighted by Crippen LogP contribution is -2.48. The highest BCUT2D eigenvalue weighted by molar-refractivity contribution is 7.89. The van der Waals surface area contributed by atoms with Crippen molar-refractivity contribution in [2.45, 2.75) is 11.8 Å². The summed E-state index contributed by atoms with van der Waals surface area (Å²) in [7, 11) is -3.58. The normalized spacial score (nSPS) is 15.5. The first-order valence-electron chi connectivity index (χ1n) is 9.76. The zero-order valence-corrected chi connectivity index (χ0v) is 18.8. The third-order valence-electron chi connectivity index (χ3n) is 5.24. The van der Waals surface area contributed by atoms with Crippen LogP contribution in [-0.2, 0) is 10.0 Å². The van der Waals surface area contributed by atoms with Crippen molar-refractivity contribution in [2.24, 2.45) is 0 Å². The van der Waals surface area contributed by atoms with Gasteiger partial charge in [-0.05, 0) is 54.1 Å². The van der Waals surface area contributed by atoms with Gasteiger partial charge in [0.1, 0.15) is 5.75 Å². The molecule has 1 heterocycles. The molecule has 1 aliphatic rings. The molecule has 1 fully saturated rings. The highest BCUT2D eigenvalue weighted by Crippen LogP contribution is 2.33. The van der Waals surface area contributed by atoms with Crippen molar-refractivity contribution in [3.63, 3.8) is 0 Å². The number of ether oxygens (including phenoxy) is 1. The third-order valence-corrected chi connectivity index (χ3v) is 7.95. The zero-order valence-electron chi connectivity index (χ0n) is 16.5. The smallest absolute Gasteiger partial charge is 0.243 e. The van der Waals surface area contributed by atoms with Crippen molar-refractivity contribution in [3.05, 3.63) is 64.6 Å². The highest BCUT2D eigenvalue weighted by atomic mass is 35.5. The minimum atomic E-state index is -3.58. The molecule has 0 spiro atoms. The van der Waals surface area contributed by atoms with Crippen LogP contribution in [0.25, 0.3) is 10.8 Å². The van der Waals surface area contributed by atoms with Gasteiger partial charge in [-0.3, -0.25) is 0 Å². The van der Waals surface area contributed by atoms with Crippen molar-refractivity contribution in [1.82, 2.24) is 4.31 Å². The topological polar surface area (TPSA) is 49.9 Å². The molecule has 3 aromatic rings. The molecule has 30 heavy (non-hydrogen) atoms. The average Bonchev–Trinajstić information content (AvgIpc) is 2.75. The number of sulfonamides is 1. The summed E-state index contributed by atoms with van der Waals surface area (Å²) in [5.74, 6) is 0.774. The van der Waals surface area contributed by atoms with E-state index in [1.54, 1.807) is 18.2 Å². The molecule has 8 heteroatoms. The maximum absolute atomic E-state index is 13.2. The summed E-state index contributed by atoms with van der Waals surface area (Å²) >= 11 is 12.4. The fourth-order valence-electron chi connectivity index (χ4n) is 3.67. The van der Waals surface area contributed by atoms with E-state index in [9.17, 15) is 8.42 Å². The molecule has 5 nitrogen and oxygen atoms in total. The van der Waals surface area contributed by atoms with Crippen LogP contribution in [0.1, 0.15) is 6.92 Å². The number of halogens is 2. The molecule has 0 aliphatic carbocycles. The number of hydrogen-bond acceptors (Lipinski definition) is 4. The zero-order chi connectivity index (χ0) is 21.3. The Hall–Kier alpha value is -1.99. The lowest BCUT2D eigenvalue weighted by molar-refractivity contribution is 0.341. The van der Waals surface area contributed by atoms with Gasteiger partial charge in [0.25, 0.3) is 0 Å². The van der Waals surface area contributed by atoms with E-state index in [2.05, 4.69) is 4.90 Å².